The van der Waals surface area contributed by atoms with Crippen molar-refractivity contribution in [1.29, 1.82) is 0 Å². The fourth-order valence-corrected chi connectivity index (χ4v) is 3.72. The number of benzene rings is 2. The van der Waals surface area contributed by atoms with Crippen molar-refractivity contribution in [3.63, 3.8) is 0 Å². The number of nitro benzene ring substituents is 1. The van der Waals surface area contributed by atoms with Gasteiger partial charge in [-0.2, -0.15) is 10.2 Å². The maximum Gasteiger partial charge on any atom is 0.269 e. The van der Waals surface area contributed by atoms with E-state index in [0.717, 1.165) is 32.7 Å². The Labute approximate surface area is 182 Å². The average molecular weight is 428 g/mol. The number of non-ortho nitro benzene ring substituents is 1. The topological polar surface area (TPSA) is 74.3 Å². The van der Waals surface area contributed by atoms with E-state index in [2.05, 4.69) is 27.0 Å². The van der Waals surface area contributed by atoms with E-state index in [9.17, 15) is 14.5 Å². The summed E-state index contributed by atoms with van der Waals surface area (Å²) in [6.07, 6.45) is 6.43. The van der Waals surface area contributed by atoms with Gasteiger partial charge in [0.05, 0.1) is 22.0 Å². The van der Waals surface area contributed by atoms with Crippen LogP contribution in [0, 0.1) is 15.9 Å². The fraction of sp³-hybridized carbons (Fsp3) is 0.478. The van der Waals surface area contributed by atoms with Crippen LogP contribution in [0.5, 0.6) is 0 Å². The maximum atomic E-state index is 14.7. The first-order valence-electron chi connectivity index (χ1n) is 11.0. The molecule has 0 saturated carbocycles. The van der Waals surface area contributed by atoms with E-state index in [1.807, 2.05) is 0 Å². The third-order valence-corrected chi connectivity index (χ3v) is 5.56. The summed E-state index contributed by atoms with van der Waals surface area (Å²) in [4.78, 5) is 14.8. The highest BCUT2D eigenvalue weighted by Gasteiger charge is 2.19. The third kappa shape index (κ3) is 6.82. The molecule has 2 aromatic carbocycles. The molecule has 0 spiro atoms. The van der Waals surface area contributed by atoms with Gasteiger partial charge in [0.1, 0.15) is 5.82 Å². The molecule has 0 N–H and O–H groups in total. The van der Waals surface area contributed by atoms with E-state index in [1.54, 1.807) is 12.1 Å². The van der Waals surface area contributed by atoms with Crippen LogP contribution in [0.3, 0.4) is 0 Å². The molecule has 3 rings (SSSR count). The molecule has 2 aromatic rings. The number of piperazine rings is 1. The van der Waals surface area contributed by atoms with Crippen molar-refractivity contribution in [1.82, 2.24) is 4.90 Å². The van der Waals surface area contributed by atoms with Crippen LogP contribution >= 0.6 is 0 Å². The number of nitro groups is 1. The molecular weight excluding hydrogens is 397 g/mol. The van der Waals surface area contributed by atoms with E-state index in [4.69, 9.17) is 0 Å². The minimum Gasteiger partial charge on any atom is -0.367 e. The number of nitrogens with zero attached hydrogens (tertiary/aromatic N) is 5. The fourth-order valence-electron chi connectivity index (χ4n) is 3.72. The lowest BCUT2D eigenvalue weighted by Crippen LogP contribution is -2.46. The van der Waals surface area contributed by atoms with Crippen molar-refractivity contribution >= 4 is 22.7 Å². The van der Waals surface area contributed by atoms with Crippen molar-refractivity contribution in [3.8, 4) is 0 Å². The molecular formula is C23H30FN5O2. The van der Waals surface area contributed by atoms with Crippen LogP contribution < -0.4 is 4.90 Å². The third-order valence-electron chi connectivity index (χ3n) is 5.56. The minimum absolute atomic E-state index is 0.00839. The highest BCUT2D eigenvalue weighted by molar-refractivity contribution is 5.54. The van der Waals surface area contributed by atoms with E-state index in [1.165, 1.54) is 62.4 Å². The van der Waals surface area contributed by atoms with Crippen molar-refractivity contribution in [3.05, 3.63) is 58.4 Å². The molecule has 0 unspecified atom stereocenters. The van der Waals surface area contributed by atoms with Gasteiger partial charge in [0.25, 0.3) is 5.69 Å². The number of hydrogen-bond donors (Lipinski definition) is 0. The van der Waals surface area contributed by atoms with E-state index < -0.39 is 4.92 Å². The lowest BCUT2D eigenvalue weighted by Gasteiger charge is -2.36. The summed E-state index contributed by atoms with van der Waals surface area (Å²) in [7, 11) is 0. The largest absolute Gasteiger partial charge is 0.367 e. The number of anilines is 1. The standard InChI is InChI=1S/C23H30FN5O2/c1-2-3-4-5-6-13-27-14-16-28(17-15-27)23-12-9-20(18-22(23)24)26-25-19-7-10-21(11-8-19)29(30)31/h7-12,18H,2-6,13-17H2,1H3. The van der Waals surface area contributed by atoms with Crippen LogP contribution in [0.15, 0.2) is 52.7 Å². The Hall–Kier alpha value is -2.87. The summed E-state index contributed by atoms with van der Waals surface area (Å²) in [6, 6.07) is 10.6. The molecule has 1 aliphatic rings. The van der Waals surface area contributed by atoms with Crippen LogP contribution in [0.1, 0.15) is 39.0 Å². The quantitative estimate of drug-likeness (QED) is 0.195. The molecule has 166 valence electrons. The summed E-state index contributed by atoms with van der Waals surface area (Å²) in [5.74, 6) is -0.312. The molecule has 0 amide bonds. The summed E-state index contributed by atoms with van der Waals surface area (Å²) in [6.45, 7) is 6.89. The molecule has 0 bridgehead atoms. The van der Waals surface area contributed by atoms with Crippen molar-refractivity contribution in [2.45, 2.75) is 39.0 Å². The zero-order valence-corrected chi connectivity index (χ0v) is 18.0. The molecule has 1 saturated heterocycles. The van der Waals surface area contributed by atoms with Crippen LogP contribution in [-0.4, -0.2) is 42.5 Å². The Kier molecular flexibility index (Phi) is 8.46. The number of halogens is 1. The molecule has 0 aliphatic carbocycles. The summed E-state index contributed by atoms with van der Waals surface area (Å²) >= 11 is 0. The lowest BCUT2D eigenvalue weighted by molar-refractivity contribution is -0.384. The van der Waals surface area contributed by atoms with Gasteiger partial charge in [0.15, 0.2) is 0 Å². The molecule has 1 aliphatic heterocycles. The van der Waals surface area contributed by atoms with Gasteiger partial charge in [-0.1, -0.05) is 32.6 Å². The zero-order valence-electron chi connectivity index (χ0n) is 18.0. The van der Waals surface area contributed by atoms with Gasteiger partial charge >= 0.3 is 0 Å². The van der Waals surface area contributed by atoms with Gasteiger partial charge in [-0.15, -0.1) is 0 Å². The van der Waals surface area contributed by atoms with Gasteiger partial charge in [-0.25, -0.2) is 4.39 Å². The first-order valence-corrected chi connectivity index (χ1v) is 11.0. The van der Waals surface area contributed by atoms with Gasteiger partial charge in [-0.3, -0.25) is 15.0 Å². The Bertz CT molecular complexity index is 880. The van der Waals surface area contributed by atoms with E-state index in [0.29, 0.717) is 17.1 Å². The van der Waals surface area contributed by atoms with Crippen LogP contribution in [0.2, 0.25) is 0 Å². The Morgan fingerprint density at radius 1 is 0.935 bits per heavy atom. The second kappa shape index (κ2) is 11.5. The van der Waals surface area contributed by atoms with Crippen molar-refractivity contribution in [2.75, 3.05) is 37.6 Å². The molecule has 0 atom stereocenters. The Balaban J connectivity index is 1.51. The second-order valence-corrected chi connectivity index (χ2v) is 7.85. The predicted molar refractivity (Wildman–Crippen MR) is 121 cm³/mol. The number of unbranched alkanes of at least 4 members (excludes halogenated alkanes) is 4. The maximum absolute atomic E-state index is 14.7. The van der Waals surface area contributed by atoms with Crippen molar-refractivity contribution in [2.24, 2.45) is 10.2 Å². The molecule has 31 heavy (non-hydrogen) atoms. The van der Waals surface area contributed by atoms with Gasteiger partial charge in [-0.05, 0) is 37.2 Å². The Morgan fingerprint density at radius 2 is 1.58 bits per heavy atom. The molecule has 0 aromatic heterocycles. The first kappa shape index (κ1) is 22.8. The van der Waals surface area contributed by atoms with Crippen LogP contribution in [0.25, 0.3) is 0 Å². The number of rotatable bonds is 10. The molecule has 1 heterocycles. The van der Waals surface area contributed by atoms with Gasteiger partial charge in [0, 0.05) is 44.4 Å². The highest BCUT2D eigenvalue weighted by atomic mass is 19.1. The lowest BCUT2D eigenvalue weighted by atomic mass is 10.1. The van der Waals surface area contributed by atoms with Gasteiger partial charge in [0.2, 0.25) is 0 Å². The monoisotopic (exact) mass is 427 g/mol. The Morgan fingerprint density at radius 3 is 2.23 bits per heavy atom. The summed E-state index contributed by atoms with van der Waals surface area (Å²) < 4.78 is 14.7. The van der Waals surface area contributed by atoms with Crippen LogP contribution in [0.4, 0.5) is 27.1 Å². The zero-order chi connectivity index (χ0) is 22.1. The second-order valence-electron chi connectivity index (χ2n) is 7.85. The van der Waals surface area contributed by atoms with E-state index >= 15 is 0 Å². The molecule has 0 radical (unpaired) electrons. The van der Waals surface area contributed by atoms with E-state index in [-0.39, 0.29) is 11.5 Å². The number of azo groups is 1. The van der Waals surface area contributed by atoms with Crippen LogP contribution in [-0.2, 0) is 0 Å². The minimum atomic E-state index is -0.470. The SMILES string of the molecule is CCCCCCCN1CCN(c2ccc(N=Nc3ccc([N+](=O)[O-])cc3)cc2F)CC1. The average Bonchev–Trinajstić information content (AvgIpc) is 2.78. The molecule has 1 fully saturated rings. The molecule has 8 heteroatoms. The van der Waals surface area contributed by atoms with Crippen molar-refractivity contribution < 1.29 is 9.31 Å². The highest BCUT2D eigenvalue weighted by Crippen LogP contribution is 2.27. The first-order chi connectivity index (χ1) is 15.1. The van der Waals surface area contributed by atoms with Gasteiger partial charge < -0.3 is 4.90 Å². The summed E-state index contributed by atoms with van der Waals surface area (Å²) in [5, 5.41) is 18.8. The smallest absolute Gasteiger partial charge is 0.269 e. The predicted octanol–water partition coefficient (Wildman–Crippen LogP) is 6.24. The number of hydrogen-bond acceptors (Lipinski definition) is 6. The normalized spacial score (nSPS) is 15.0. The summed E-state index contributed by atoms with van der Waals surface area (Å²) in [5.41, 5.74) is 1.47. The molecule has 7 nitrogen and oxygen atoms in total.